The summed E-state index contributed by atoms with van der Waals surface area (Å²) in [5, 5.41) is 8.75. The zero-order valence-electron chi connectivity index (χ0n) is 11.7. The summed E-state index contributed by atoms with van der Waals surface area (Å²) >= 11 is 0. The highest BCUT2D eigenvalue weighted by Crippen LogP contribution is 2.11. The Morgan fingerprint density at radius 3 is 2.84 bits per heavy atom. The molecule has 1 aromatic rings. The fourth-order valence-electron chi connectivity index (χ4n) is 1.78. The molecule has 0 atom stereocenters. The van der Waals surface area contributed by atoms with E-state index >= 15 is 0 Å². The maximum atomic E-state index is 12.5. The Labute approximate surface area is 114 Å². The topological polar surface area (TPSA) is 53.4 Å². The smallest absolute Gasteiger partial charge is 0.273 e. The van der Waals surface area contributed by atoms with E-state index in [4.69, 9.17) is 5.11 Å². The van der Waals surface area contributed by atoms with Crippen LogP contribution >= 0.6 is 0 Å². The van der Waals surface area contributed by atoms with Crippen molar-refractivity contribution < 1.29 is 9.90 Å². The monoisotopic (exact) mass is 260 g/mol. The Morgan fingerprint density at radius 2 is 2.26 bits per heavy atom. The lowest BCUT2D eigenvalue weighted by molar-refractivity contribution is 0.0699. The van der Waals surface area contributed by atoms with Gasteiger partial charge >= 0.3 is 0 Å². The summed E-state index contributed by atoms with van der Waals surface area (Å²) in [5.74, 6) is 5.21. The molecule has 0 aliphatic rings. The molecule has 0 unspecified atom stereocenters. The summed E-state index contributed by atoms with van der Waals surface area (Å²) in [5.41, 5.74) is 0.911. The van der Waals surface area contributed by atoms with Crippen molar-refractivity contribution in [3.05, 3.63) is 29.6 Å². The van der Waals surface area contributed by atoms with Crippen LogP contribution in [0.3, 0.4) is 0 Å². The zero-order valence-corrected chi connectivity index (χ0v) is 11.7. The van der Waals surface area contributed by atoms with Crippen LogP contribution in [0.5, 0.6) is 0 Å². The number of aliphatic hydroxyl groups excluding tert-OH is 1. The summed E-state index contributed by atoms with van der Waals surface area (Å²) in [7, 11) is 0. The molecular formula is C15H20N2O2. The Morgan fingerprint density at radius 1 is 1.53 bits per heavy atom. The fraction of sp³-hybridized carbons (Fsp3) is 0.467. The molecule has 0 fully saturated rings. The predicted octanol–water partition coefficient (Wildman–Crippen LogP) is 1.69. The molecule has 1 N–H and O–H groups in total. The van der Waals surface area contributed by atoms with Crippen LogP contribution < -0.4 is 0 Å². The summed E-state index contributed by atoms with van der Waals surface area (Å²) in [6.45, 7) is 6.46. The van der Waals surface area contributed by atoms with Crippen LogP contribution in [-0.4, -0.2) is 40.1 Å². The third kappa shape index (κ3) is 4.08. The van der Waals surface area contributed by atoms with Gasteiger partial charge < -0.3 is 10.0 Å². The van der Waals surface area contributed by atoms with E-state index in [0.29, 0.717) is 17.8 Å². The molecule has 0 spiro atoms. The van der Waals surface area contributed by atoms with Crippen LogP contribution in [0.4, 0.5) is 0 Å². The van der Waals surface area contributed by atoms with Crippen molar-refractivity contribution in [2.24, 2.45) is 0 Å². The standard InChI is InChI=1S/C15H20N2O2/c1-4-10-17(12(2)3)15(19)14-13(8-6-11-18)7-5-9-16-14/h5,7,9,12,18H,4,10-11H2,1-3H3. The molecule has 1 aromatic heterocycles. The minimum absolute atomic E-state index is 0.111. The molecule has 102 valence electrons. The lowest BCUT2D eigenvalue weighted by Crippen LogP contribution is -2.38. The minimum atomic E-state index is -0.231. The Balaban J connectivity index is 3.10. The first-order valence-electron chi connectivity index (χ1n) is 6.47. The molecule has 0 aromatic carbocycles. The highest BCUT2D eigenvalue weighted by atomic mass is 16.2. The van der Waals surface area contributed by atoms with Crippen LogP contribution in [0.2, 0.25) is 0 Å². The molecule has 4 heteroatoms. The van der Waals surface area contributed by atoms with Gasteiger partial charge in [0.25, 0.3) is 5.91 Å². The lowest BCUT2D eigenvalue weighted by Gasteiger charge is -2.26. The number of amides is 1. The van der Waals surface area contributed by atoms with Crippen molar-refractivity contribution in [1.82, 2.24) is 9.88 Å². The van der Waals surface area contributed by atoms with Gasteiger partial charge in [-0.1, -0.05) is 18.8 Å². The molecular weight excluding hydrogens is 240 g/mol. The van der Waals surface area contributed by atoms with Crippen molar-refractivity contribution in [3.63, 3.8) is 0 Å². The van der Waals surface area contributed by atoms with Gasteiger partial charge in [-0.3, -0.25) is 4.79 Å². The molecule has 0 saturated carbocycles. The number of rotatable bonds is 4. The van der Waals surface area contributed by atoms with E-state index in [-0.39, 0.29) is 18.6 Å². The van der Waals surface area contributed by atoms with E-state index in [1.807, 2.05) is 20.8 Å². The first-order chi connectivity index (χ1) is 9.11. The van der Waals surface area contributed by atoms with Gasteiger partial charge in [-0.2, -0.15) is 0 Å². The molecule has 1 heterocycles. The average molecular weight is 260 g/mol. The van der Waals surface area contributed by atoms with Gasteiger partial charge in [0, 0.05) is 18.8 Å². The van der Waals surface area contributed by atoms with Crippen molar-refractivity contribution in [1.29, 1.82) is 0 Å². The largest absolute Gasteiger partial charge is 0.384 e. The minimum Gasteiger partial charge on any atom is -0.384 e. The van der Waals surface area contributed by atoms with Crippen molar-refractivity contribution in [2.45, 2.75) is 33.2 Å². The third-order valence-electron chi connectivity index (χ3n) is 2.66. The van der Waals surface area contributed by atoms with Crippen LogP contribution in [0.15, 0.2) is 18.3 Å². The van der Waals surface area contributed by atoms with Crippen molar-refractivity contribution in [3.8, 4) is 11.8 Å². The fourth-order valence-corrected chi connectivity index (χ4v) is 1.78. The molecule has 0 aliphatic heterocycles. The molecule has 0 aliphatic carbocycles. The molecule has 19 heavy (non-hydrogen) atoms. The molecule has 4 nitrogen and oxygen atoms in total. The van der Waals surface area contributed by atoms with Gasteiger partial charge in [0.1, 0.15) is 12.3 Å². The number of carbonyl (C=O) groups excluding carboxylic acids is 1. The Bertz CT molecular complexity index is 486. The van der Waals surface area contributed by atoms with Crippen molar-refractivity contribution in [2.75, 3.05) is 13.2 Å². The Hall–Kier alpha value is -1.86. The molecule has 1 rings (SSSR count). The predicted molar refractivity (Wildman–Crippen MR) is 74.7 cm³/mol. The second-order valence-corrected chi connectivity index (χ2v) is 4.45. The maximum absolute atomic E-state index is 12.5. The van der Waals surface area contributed by atoms with Gasteiger partial charge in [0.15, 0.2) is 0 Å². The molecule has 0 radical (unpaired) electrons. The summed E-state index contributed by atoms with van der Waals surface area (Å²) in [6.07, 6.45) is 2.48. The first kappa shape index (κ1) is 15.2. The molecule has 1 amide bonds. The number of hydrogen-bond acceptors (Lipinski definition) is 3. The highest BCUT2D eigenvalue weighted by molar-refractivity contribution is 5.95. The quantitative estimate of drug-likeness (QED) is 0.838. The molecule has 0 bridgehead atoms. The normalized spacial score (nSPS) is 9.95. The number of pyridine rings is 1. The second kappa shape index (κ2) is 7.55. The lowest BCUT2D eigenvalue weighted by atomic mass is 10.1. The van der Waals surface area contributed by atoms with Gasteiger partial charge in [-0.05, 0) is 32.4 Å². The van der Waals surface area contributed by atoms with Crippen LogP contribution in [-0.2, 0) is 0 Å². The van der Waals surface area contributed by atoms with E-state index in [1.54, 1.807) is 23.2 Å². The highest BCUT2D eigenvalue weighted by Gasteiger charge is 2.21. The number of aromatic nitrogens is 1. The number of hydrogen-bond donors (Lipinski definition) is 1. The van der Waals surface area contributed by atoms with E-state index in [2.05, 4.69) is 16.8 Å². The summed E-state index contributed by atoms with van der Waals surface area (Å²) < 4.78 is 0. The van der Waals surface area contributed by atoms with Crippen LogP contribution in [0.1, 0.15) is 43.2 Å². The van der Waals surface area contributed by atoms with Gasteiger partial charge in [-0.25, -0.2) is 4.98 Å². The maximum Gasteiger partial charge on any atom is 0.273 e. The summed E-state index contributed by atoms with van der Waals surface area (Å²) in [6, 6.07) is 3.60. The van der Waals surface area contributed by atoms with E-state index in [0.717, 1.165) is 6.42 Å². The van der Waals surface area contributed by atoms with Gasteiger partial charge in [-0.15, -0.1) is 0 Å². The van der Waals surface area contributed by atoms with Crippen LogP contribution in [0.25, 0.3) is 0 Å². The van der Waals surface area contributed by atoms with Gasteiger partial charge in [0.2, 0.25) is 0 Å². The number of carbonyl (C=O) groups is 1. The second-order valence-electron chi connectivity index (χ2n) is 4.45. The zero-order chi connectivity index (χ0) is 14.3. The van der Waals surface area contributed by atoms with Gasteiger partial charge in [0.05, 0.1) is 5.56 Å². The number of aliphatic hydroxyl groups is 1. The van der Waals surface area contributed by atoms with Crippen LogP contribution in [0, 0.1) is 11.8 Å². The average Bonchev–Trinajstić information content (AvgIpc) is 2.41. The first-order valence-corrected chi connectivity index (χ1v) is 6.47. The SMILES string of the molecule is CCCN(C(=O)c1ncccc1C#CCO)C(C)C. The summed E-state index contributed by atoms with van der Waals surface area (Å²) in [4.78, 5) is 18.4. The number of nitrogens with zero attached hydrogens (tertiary/aromatic N) is 2. The van der Waals surface area contributed by atoms with E-state index < -0.39 is 0 Å². The van der Waals surface area contributed by atoms with E-state index in [1.165, 1.54) is 0 Å². The Kier molecular flexibility index (Phi) is 6.04. The van der Waals surface area contributed by atoms with E-state index in [9.17, 15) is 4.79 Å². The third-order valence-corrected chi connectivity index (χ3v) is 2.66. The molecule has 0 saturated heterocycles. The van der Waals surface area contributed by atoms with Crippen molar-refractivity contribution >= 4 is 5.91 Å².